The van der Waals surface area contributed by atoms with Crippen molar-refractivity contribution in [3.8, 4) is 0 Å². The molecule has 0 radical (unpaired) electrons. The van der Waals surface area contributed by atoms with Crippen LogP contribution in [0.1, 0.15) is 5.56 Å². The van der Waals surface area contributed by atoms with E-state index in [4.69, 9.17) is 11.6 Å². The number of urea groups is 1. The van der Waals surface area contributed by atoms with Crippen LogP contribution in [0.3, 0.4) is 0 Å². The zero-order valence-corrected chi connectivity index (χ0v) is 22.9. The van der Waals surface area contributed by atoms with Crippen LogP contribution in [-0.4, -0.2) is 47.6 Å². The first-order chi connectivity index (χ1) is 19.0. The monoisotopic (exact) mass is 604 g/mol. The maximum Gasteiger partial charge on any atom is 0.347 e. The van der Waals surface area contributed by atoms with Gasteiger partial charge in [-0.25, -0.2) is 23.3 Å². The fourth-order valence-electron chi connectivity index (χ4n) is 4.11. The molecule has 0 unspecified atom stereocenters. The molecule has 15 heteroatoms. The van der Waals surface area contributed by atoms with Crippen molar-refractivity contribution in [3.05, 3.63) is 88.5 Å². The number of fused-ring (bicyclic) bond motifs is 2. The Morgan fingerprint density at radius 2 is 1.88 bits per heavy atom. The Bertz CT molecular complexity index is 1860. The highest BCUT2D eigenvalue weighted by molar-refractivity contribution is 7.88. The first-order valence-corrected chi connectivity index (χ1v) is 14.2. The van der Waals surface area contributed by atoms with Crippen molar-refractivity contribution in [2.75, 3.05) is 11.9 Å². The average molecular weight is 605 g/mol. The molecule has 0 aliphatic heterocycles. The molecular formula is C25H19ClF2N6O4S2. The van der Waals surface area contributed by atoms with Gasteiger partial charge < -0.3 is 10.2 Å². The van der Waals surface area contributed by atoms with Gasteiger partial charge in [0.05, 0.1) is 32.5 Å². The molecule has 3 amide bonds. The van der Waals surface area contributed by atoms with Crippen LogP contribution in [0.25, 0.3) is 21.1 Å². The summed E-state index contributed by atoms with van der Waals surface area (Å²) in [6.45, 7) is 0. The lowest BCUT2D eigenvalue weighted by Gasteiger charge is -2.25. The summed E-state index contributed by atoms with van der Waals surface area (Å²) in [5.74, 6) is -2.43. The summed E-state index contributed by atoms with van der Waals surface area (Å²) in [6, 6.07) is 9.66. The van der Waals surface area contributed by atoms with Crippen LogP contribution in [0.2, 0.25) is 5.02 Å². The van der Waals surface area contributed by atoms with Crippen LogP contribution in [0.5, 0.6) is 0 Å². The van der Waals surface area contributed by atoms with Crippen LogP contribution in [0.4, 0.5) is 19.3 Å². The second-order valence-electron chi connectivity index (χ2n) is 8.68. The van der Waals surface area contributed by atoms with Gasteiger partial charge in [0.2, 0.25) is 5.91 Å². The van der Waals surface area contributed by atoms with Gasteiger partial charge in [0, 0.05) is 30.6 Å². The molecule has 3 aromatic carbocycles. The first kappa shape index (κ1) is 27.4. The summed E-state index contributed by atoms with van der Waals surface area (Å²) < 4.78 is 57.0. The first-order valence-electron chi connectivity index (χ1n) is 11.5. The van der Waals surface area contributed by atoms with Crippen molar-refractivity contribution in [1.82, 2.24) is 24.2 Å². The number of anilines is 1. The van der Waals surface area contributed by atoms with E-state index < -0.39 is 39.8 Å². The van der Waals surface area contributed by atoms with Gasteiger partial charge >= 0.3 is 16.2 Å². The smallest absolute Gasteiger partial charge is 0.325 e. The second kappa shape index (κ2) is 10.8. The van der Waals surface area contributed by atoms with Crippen molar-refractivity contribution in [1.29, 1.82) is 0 Å². The van der Waals surface area contributed by atoms with Gasteiger partial charge in [-0.15, -0.1) is 15.4 Å². The Morgan fingerprint density at radius 3 is 2.62 bits per heavy atom. The van der Waals surface area contributed by atoms with E-state index >= 15 is 0 Å². The number of rotatable bonds is 7. The third kappa shape index (κ3) is 5.59. The zero-order valence-electron chi connectivity index (χ0n) is 20.5. The number of carbonyl (C=O) groups is 2. The lowest BCUT2D eigenvalue weighted by Crippen LogP contribution is -2.53. The van der Waals surface area contributed by atoms with Gasteiger partial charge in [-0.05, 0) is 48.0 Å². The van der Waals surface area contributed by atoms with Gasteiger partial charge in [-0.3, -0.25) is 4.79 Å². The number of benzene rings is 3. The number of likely N-dealkylation sites (N-methyl/N-ethyl adjacent to an activating group) is 1. The molecule has 0 spiro atoms. The summed E-state index contributed by atoms with van der Waals surface area (Å²) in [6.07, 6.45) is 0.887. The fourth-order valence-corrected chi connectivity index (χ4v) is 5.96. The van der Waals surface area contributed by atoms with Crippen molar-refractivity contribution >= 4 is 71.9 Å². The van der Waals surface area contributed by atoms with Crippen LogP contribution < -0.4 is 14.9 Å². The Labute approximate surface area is 235 Å². The Kier molecular flexibility index (Phi) is 7.40. The molecule has 206 valence electrons. The van der Waals surface area contributed by atoms with Crippen LogP contribution in [0.15, 0.2) is 66.3 Å². The highest BCUT2D eigenvalue weighted by Crippen LogP contribution is 2.25. The molecule has 10 nitrogen and oxygen atoms in total. The normalized spacial score (nSPS) is 12.4. The standard InChI is InChI=1S/C25H19ClF2N6O4S2/c1-33(17-5-6-23-20(11-17)29-13-39-23)24(35)21(9-14-7-15(27)10-16(28)8-14)31-25(36)32-40(37,38)34-22-4-2-3-19(26)18(22)12-30-34/h2-8,10-13,21H,9H2,1H3,(H2,31,32,36)/t21-/m0/s1. The minimum Gasteiger partial charge on any atom is -0.325 e. The third-order valence-electron chi connectivity index (χ3n) is 5.97. The van der Waals surface area contributed by atoms with Crippen molar-refractivity contribution in [3.63, 3.8) is 0 Å². The van der Waals surface area contributed by atoms with E-state index in [-0.39, 0.29) is 22.5 Å². The summed E-state index contributed by atoms with van der Waals surface area (Å²) in [5, 5.41) is 6.73. The van der Waals surface area contributed by atoms with Gasteiger partial charge in [-0.1, -0.05) is 17.7 Å². The molecule has 0 saturated heterocycles. The molecule has 5 aromatic rings. The third-order valence-corrected chi connectivity index (χ3v) is 8.30. The van der Waals surface area contributed by atoms with E-state index in [0.29, 0.717) is 26.7 Å². The largest absolute Gasteiger partial charge is 0.347 e. The fraction of sp³-hybridized carbons (Fsp3) is 0.120. The van der Waals surface area contributed by atoms with Crippen molar-refractivity contribution in [2.24, 2.45) is 0 Å². The van der Waals surface area contributed by atoms with E-state index in [1.54, 1.807) is 29.8 Å². The molecule has 2 N–H and O–H groups in total. The molecular weight excluding hydrogens is 586 g/mol. The van der Waals surface area contributed by atoms with Crippen LogP contribution in [-0.2, 0) is 21.4 Å². The van der Waals surface area contributed by atoms with E-state index in [2.05, 4.69) is 15.4 Å². The summed E-state index contributed by atoms with van der Waals surface area (Å²) in [5.41, 5.74) is 2.92. The van der Waals surface area contributed by atoms with Gasteiger partial charge in [0.25, 0.3) is 0 Å². The molecule has 2 aromatic heterocycles. The maximum atomic E-state index is 13.9. The quantitative estimate of drug-likeness (QED) is 0.286. The maximum absolute atomic E-state index is 13.9. The van der Waals surface area contributed by atoms with Gasteiger partial charge in [0.15, 0.2) is 0 Å². The highest BCUT2D eigenvalue weighted by atomic mass is 35.5. The van der Waals surface area contributed by atoms with E-state index in [9.17, 15) is 26.8 Å². The summed E-state index contributed by atoms with van der Waals surface area (Å²) in [4.78, 5) is 31.9. The van der Waals surface area contributed by atoms with Gasteiger partial charge in [0.1, 0.15) is 17.7 Å². The Balaban J connectivity index is 1.41. The average Bonchev–Trinajstić information content (AvgIpc) is 3.54. The minimum atomic E-state index is -4.57. The number of amides is 3. The lowest BCUT2D eigenvalue weighted by molar-refractivity contribution is -0.120. The Morgan fingerprint density at radius 1 is 1.12 bits per heavy atom. The van der Waals surface area contributed by atoms with Crippen LogP contribution >= 0.6 is 22.9 Å². The van der Waals surface area contributed by atoms with E-state index in [1.165, 1.54) is 41.6 Å². The molecule has 0 aliphatic carbocycles. The number of thiazole rings is 1. The number of aromatic nitrogens is 3. The number of hydrogen-bond acceptors (Lipinski definition) is 7. The summed E-state index contributed by atoms with van der Waals surface area (Å²) in [7, 11) is -3.13. The summed E-state index contributed by atoms with van der Waals surface area (Å²) >= 11 is 7.51. The molecule has 1 atom stereocenters. The number of hydrogen-bond donors (Lipinski definition) is 2. The van der Waals surface area contributed by atoms with Crippen molar-refractivity contribution in [2.45, 2.75) is 12.5 Å². The lowest BCUT2D eigenvalue weighted by atomic mass is 10.0. The number of nitrogens with one attached hydrogen (secondary N) is 2. The molecule has 0 bridgehead atoms. The van der Waals surface area contributed by atoms with E-state index in [1.807, 2.05) is 4.72 Å². The minimum absolute atomic E-state index is 0.0649. The van der Waals surface area contributed by atoms with Crippen LogP contribution in [0, 0.1) is 11.6 Å². The molecule has 0 aliphatic rings. The molecule has 2 heterocycles. The predicted molar refractivity (Wildman–Crippen MR) is 148 cm³/mol. The molecule has 0 fully saturated rings. The topological polar surface area (TPSA) is 126 Å². The SMILES string of the molecule is CN(C(=O)[C@H](Cc1cc(F)cc(F)c1)NC(=O)NS(=O)(=O)n1ncc2c(Cl)cccc21)c1ccc2scnc2c1. The zero-order chi connectivity index (χ0) is 28.6. The number of carbonyl (C=O) groups excluding carboxylic acids is 2. The van der Waals surface area contributed by atoms with Gasteiger partial charge in [-0.2, -0.15) is 13.5 Å². The molecule has 5 rings (SSSR count). The number of nitrogens with zero attached hydrogens (tertiary/aromatic N) is 4. The second-order valence-corrected chi connectivity index (χ2v) is 11.5. The van der Waals surface area contributed by atoms with Crippen molar-refractivity contribution < 1.29 is 26.8 Å². The van der Waals surface area contributed by atoms with E-state index in [0.717, 1.165) is 16.8 Å². The predicted octanol–water partition coefficient (Wildman–Crippen LogP) is 4.24. The number of halogens is 3. The molecule has 0 saturated carbocycles. The molecule has 40 heavy (non-hydrogen) atoms. The Hall–Kier alpha value is -4.14. The highest BCUT2D eigenvalue weighted by Gasteiger charge is 2.29.